The first-order valence-electron chi connectivity index (χ1n) is 6.81. The van der Waals surface area contributed by atoms with E-state index >= 15 is 0 Å². The summed E-state index contributed by atoms with van der Waals surface area (Å²) in [7, 11) is 0. The van der Waals surface area contributed by atoms with Gasteiger partial charge in [0.2, 0.25) is 0 Å². The summed E-state index contributed by atoms with van der Waals surface area (Å²) >= 11 is 0. The molecule has 2 atom stereocenters. The Morgan fingerprint density at radius 3 is 2.94 bits per heavy atom. The molecular weight excluding hydrogens is 202 g/mol. The molecular formula is C13H25NO2. The third-order valence-corrected chi connectivity index (χ3v) is 3.39. The molecule has 2 rings (SSSR count). The number of hydrogen-bond donors (Lipinski definition) is 1. The fraction of sp³-hybridized carbons (Fsp3) is 1.00. The van der Waals surface area contributed by atoms with Crippen molar-refractivity contribution in [2.75, 3.05) is 19.8 Å². The second kappa shape index (κ2) is 6.58. The molecule has 0 aromatic rings. The molecule has 3 heteroatoms. The van der Waals surface area contributed by atoms with Crippen LogP contribution >= 0.6 is 0 Å². The molecule has 2 aliphatic rings. The second-order valence-corrected chi connectivity index (χ2v) is 5.15. The minimum atomic E-state index is 0.368. The Morgan fingerprint density at radius 1 is 1.38 bits per heavy atom. The molecule has 1 saturated heterocycles. The van der Waals surface area contributed by atoms with Crippen LogP contribution in [0.1, 0.15) is 45.4 Å². The lowest BCUT2D eigenvalue weighted by Gasteiger charge is -2.16. The summed E-state index contributed by atoms with van der Waals surface area (Å²) in [5.74, 6) is 0. The second-order valence-electron chi connectivity index (χ2n) is 5.15. The Morgan fingerprint density at radius 2 is 2.25 bits per heavy atom. The molecule has 1 N–H and O–H groups in total. The van der Waals surface area contributed by atoms with E-state index in [9.17, 15) is 0 Å². The third-order valence-electron chi connectivity index (χ3n) is 3.39. The first-order chi connectivity index (χ1) is 7.84. The van der Waals surface area contributed by atoms with E-state index < -0.39 is 0 Å². The monoisotopic (exact) mass is 227 g/mol. The Bertz CT molecular complexity index is 188. The van der Waals surface area contributed by atoms with Crippen molar-refractivity contribution >= 4 is 0 Å². The molecule has 2 unspecified atom stereocenters. The fourth-order valence-corrected chi connectivity index (χ4v) is 2.11. The first kappa shape index (κ1) is 12.3. The lowest BCUT2D eigenvalue weighted by molar-refractivity contribution is -0.0168. The van der Waals surface area contributed by atoms with Crippen molar-refractivity contribution in [2.24, 2.45) is 0 Å². The number of ether oxygens (including phenoxy) is 2. The van der Waals surface area contributed by atoms with Gasteiger partial charge in [0.1, 0.15) is 0 Å². The molecule has 1 aliphatic heterocycles. The maximum absolute atomic E-state index is 5.80. The standard InChI is InChI=1S/C13H25NO2/c1-11(4-2-8-14-12-6-7-12)16-10-13-5-3-9-15-13/h11-14H,2-10H2,1H3. The Balaban J connectivity index is 1.42. The Hall–Kier alpha value is -0.120. The summed E-state index contributed by atoms with van der Waals surface area (Å²) in [6.45, 7) is 5.04. The van der Waals surface area contributed by atoms with Gasteiger partial charge in [-0.3, -0.25) is 0 Å². The van der Waals surface area contributed by atoms with Gasteiger partial charge in [0.15, 0.2) is 0 Å². The quantitative estimate of drug-likeness (QED) is 0.644. The molecule has 3 nitrogen and oxygen atoms in total. The van der Waals surface area contributed by atoms with Crippen molar-refractivity contribution in [3.63, 3.8) is 0 Å². The molecule has 0 aromatic heterocycles. The molecule has 2 fully saturated rings. The zero-order valence-electron chi connectivity index (χ0n) is 10.4. The van der Waals surface area contributed by atoms with Crippen molar-refractivity contribution in [3.05, 3.63) is 0 Å². The maximum Gasteiger partial charge on any atom is 0.0809 e. The minimum absolute atomic E-state index is 0.368. The highest BCUT2D eigenvalue weighted by Gasteiger charge is 2.20. The van der Waals surface area contributed by atoms with Crippen molar-refractivity contribution in [1.29, 1.82) is 0 Å². The predicted octanol–water partition coefficient (Wildman–Crippen LogP) is 2.10. The van der Waals surface area contributed by atoms with Gasteiger partial charge in [0.05, 0.1) is 18.8 Å². The molecule has 0 aromatic carbocycles. The zero-order chi connectivity index (χ0) is 11.2. The van der Waals surface area contributed by atoms with E-state index in [4.69, 9.17) is 9.47 Å². The van der Waals surface area contributed by atoms with Crippen molar-refractivity contribution in [3.8, 4) is 0 Å². The SMILES string of the molecule is CC(CCCNC1CC1)OCC1CCCO1. The minimum Gasteiger partial charge on any atom is -0.376 e. The van der Waals surface area contributed by atoms with Crippen LogP contribution in [-0.4, -0.2) is 38.0 Å². The van der Waals surface area contributed by atoms with Gasteiger partial charge in [-0.2, -0.15) is 0 Å². The van der Waals surface area contributed by atoms with E-state index in [-0.39, 0.29) is 0 Å². The summed E-state index contributed by atoms with van der Waals surface area (Å²) in [5.41, 5.74) is 0. The Labute approximate surface area is 98.9 Å². The van der Waals surface area contributed by atoms with Gasteiger partial charge in [-0.1, -0.05) is 0 Å². The van der Waals surface area contributed by atoms with Crippen LogP contribution in [0.3, 0.4) is 0 Å². The molecule has 94 valence electrons. The first-order valence-corrected chi connectivity index (χ1v) is 6.81. The van der Waals surface area contributed by atoms with Crippen LogP contribution in [0.15, 0.2) is 0 Å². The smallest absolute Gasteiger partial charge is 0.0809 e. The molecule has 0 amide bonds. The highest BCUT2D eigenvalue weighted by atomic mass is 16.5. The topological polar surface area (TPSA) is 30.5 Å². The summed E-state index contributed by atoms with van der Waals surface area (Å²) in [6.07, 6.45) is 8.27. The van der Waals surface area contributed by atoms with Crippen LogP contribution in [0.5, 0.6) is 0 Å². The van der Waals surface area contributed by atoms with E-state index in [1.165, 1.54) is 32.1 Å². The predicted molar refractivity (Wildman–Crippen MR) is 64.6 cm³/mol. The van der Waals surface area contributed by atoms with Crippen molar-refractivity contribution in [2.45, 2.75) is 63.7 Å². The molecule has 1 heterocycles. The van der Waals surface area contributed by atoms with Gasteiger partial charge >= 0.3 is 0 Å². The summed E-state index contributed by atoms with van der Waals surface area (Å²) in [6, 6.07) is 0.836. The van der Waals surface area contributed by atoms with Gasteiger partial charge in [-0.05, 0) is 52.0 Å². The highest BCUT2D eigenvalue weighted by molar-refractivity contribution is 4.80. The van der Waals surface area contributed by atoms with Gasteiger partial charge < -0.3 is 14.8 Å². The van der Waals surface area contributed by atoms with E-state index in [2.05, 4.69) is 12.2 Å². The highest BCUT2D eigenvalue weighted by Crippen LogP contribution is 2.18. The van der Waals surface area contributed by atoms with Crippen LogP contribution in [0.2, 0.25) is 0 Å². The summed E-state index contributed by atoms with van der Waals surface area (Å²) in [4.78, 5) is 0. The van der Waals surface area contributed by atoms with Crippen molar-refractivity contribution in [1.82, 2.24) is 5.32 Å². The number of rotatable bonds is 8. The van der Waals surface area contributed by atoms with Crippen molar-refractivity contribution < 1.29 is 9.47 Å². The van der Waals surface area contributed by atoms with E-state index in [0.29, 0.717) is 12.2 Å². The Kier molecular flexibility index (Phi) is 5.07. The van der Waals surface area contributed by atoms with Gasteiger partial charge in [0, 0.05) is 12.6 Å². The average molecular weight is 227 g/mol. The molecule has 0 spiro atoms. The van der Waals surface area contributed by atoms with Gasteiger partial charge in [0.25, 0.3) is 0 Å². The molecule has 0 bridgehead atoms. The van der Waals surface area contributed by atoms with Crippen LogP contribution < -0.4 is 5.32 Å². The summed E-state index contributed by atoms with van der Waals surface area (Å²) in [5, 5.41) is 3.53. The van der Waals surface area contributed by atoms with E-state index in [1.807, 2.05) is 0 Å². The average Bonchev–Trinajstić information content (AvgIpc) is 2.96. The van der Waals surface area contributed by atoms with Crippen LogP contribution in [0.25, 0.3) is 0 Å². The fourth-order valence-electron chi connectivity index (χ4n) is 2.11. The molecule has 1 aliphatic carbocycles. The van der Waals surface area contributed by atoms with Crippen LogP contribution in [0, 0.1) is 0 Å². The zero-order valence-corrected chi connectivity index (χ0v) is 10.4. The molecule has 0 radical (unpaired) electrons. The van der Waals surface area contributed by atoms with Gasteiger partial charge in [-0.25, -0.2) is 0 Å². The lowest BCUT2D eigenvalue weighted by atomic mass is 10.2. The van der Waals surface area contributed by atoms with Crippen LogP contribution in [0.4, 0.5) is 0 Å². The lowest BCUT2D eigenvalue weighted by Crippen LogP contribution is -2.22. The van der Waals surface area contributed by atoms with E-state index in [1.54, 1.807) is 0 Å². The number of hydrogen-bond acceptors (Lipinski definition) is 3. The molecule has 1 saturated carbocycles. The van der Waals surface area contributed by atoms with Gasteiger partial charge in [-0.15, -0.1) is 0 Å². The van der Waals surface area contributed by atoms with E-state index in [0.717, 1.165) is 32.2 Å². The summed E-state index contributed by atoms with van der Waals surface area (Å²) < 4.78 is 11.3. The van der Waals surface area contributed by atoms with Crippen LogP contribution in [-0.2, 0) is 9.47 Å². The normalized spacial score (nSPS) is 27.2. The third kappa shape index (κ3) is 4.81. The largest absolute Gasteiger partial charge is 0.376 e. The number of nitrogens with one attached hydrogen (secondary N) is 1. The maximum atomic E-state index is 5.80. The molecule has 16 heavy (non-hydrogen) atoms.